The van der Waals surface area contributed by atoms with Gasteiger partial charge in [0.2, 0.25) is 5.90 Å². The van der Waals surface area contributed by atoms with Gasteiger partial charge >= 0.3 is 0 Å². The van der Waals surface area contributed by atoms with Crippen LogP contribution in [0.2, 0.25) is 0 Å². The number of fused-ring (bicyclic) bond motifs is 1. The van der Waals surface area contributed by atoms with E-state index in [1.165, 1.54) is 10.9 Å². The molecule has 0 saturated carbocycles. The summed E-state index contributed by atoms with van der Waals surface area (Å²) < 4.78 is 8.06. The van der Waals surface area contributed by atoms with Crippen molar-refractivity contribution in [3.8, 4) is 0 Å². The lowest BCUT2D eigenvalue weighted by Crippen LogP contribution is -2.13. The molecule has 1 aliphatic heterocycles. The molecule has 1 aliphatic rings. The Labute approximate surface area is 113 Å². The first kappa shape index (κ1) is 12.3. The summed E-state index contributed by atoms with van der Waals surface area (Å²) in [4.78, 5) is 4.74. The van der Waals surface area contributed by atoms with E-state index in [1.54, 1.807) is 0 Å². The standard InChI is InChI=1S/C16H20N2O/c1-4-18-9-13(12-7-5-6-8-15(12)18)16-17-14(10-19-16)11(2)3/h5-9,11,14H,4,10H2,1-3H3/t14-/m1/s1. The van der Waals surface area contributed by atoms with Crippen molar-refractivity contribution in [1.82, 2.24) is 4.57 Å². The molecule has 0 spiro atoms. The minimum absolute atomic E-state index is 0.290. The van der Waals surface area contributed by atoms with Gasteiger partial charge in [0.25, 0.3) is 0 Å². The zero-order valence-corrected chi connectivity index (χ0v) is 11.8. The predicted octanol–water partition coefficient (Wildman–Crippen LogP) is 3.46. The SMILES string of the molecule is CCn1cc(C2=N[C@@H](C(C)C)CO2)c2ccccc21. The first-order chi connectivity index (χ1) is 9.20. The van der Waals surface area contributed by atoms with Crippen molar-refractivity contribution in [2.24, 2.45) is 10.9 Å². The zero-order valence-electron chi connectivity index (χ0n) is 11.8. The number of rotatable bonds is 3. The van der Waals surface area contributed by atoms with Crippen LogP contribution in [0, 0.1) is 5.92 Å². The zero-order chi connectivity index (χ0) is 13.4. The summed E-state index contributed by atoms with van der Waals surface area (Å²) in [6.07, 6.45) is 2.16. The summed E-state index contributed by atoms with van der Waals surface area (Å²) in [5.74, 6) is 1.33. The number of aromatic nitrogens is 1. The van der Waals surface area contributed by atoms with Crippen molar-refractivity contribution >= 4 is 16.8 Å². The summed E-state index contributed by atoms with van der Waals surface area (Å²) >= 11 is 0. The monoisotopic (exact) mass is 256 g/mol. The van der Waals surface area contributed by atoms with E-state index in [-0.39, 0.29) is 0 Å². The smallest absolute Gasteiger partial charge is 0.218 e. The highest BCUT2D eigenvalue weighted by atomic mass is 16.5. The second-order valence-electron chi connectivity index (χ2n) is 5.40. The Kier molecular flexibility index (Phi) is 3.05. The summed E-state index contributed by atoms with van der Waals surface area (Å²) in [6, 6.07) is 8.73. The van der Waals surface area contributed by atoms with Crippen molar-refractivity contribution < 1.29 is 4.74 Å². The average Bonchev–Trinajstić information content (AvgIpc) is 3.03. The summed E-state index contributed by atoms with van der Waals surface area (Å²) in [6.45, 7) is 8.20. The number of hydrogen-bond acceptors (Lipinski definition) is 2. The number of ether oxygens (including phenoxy) is 1. The van der Waals surface area contributed by atoms with E-state index in [1.807, 2.05) is 0 Å². The highest BCUT2D eigenvalue weighted by molar-refractivity contribution is 6.07. The third kappa shape index (κ3) is 2.03. The number of benzene rings is 1. The molecule has 1 aromatic carbocycles. The largest absolute Gasteiger partial charge is 0.475 e. The number of nitrogens with zero attached hydrogens (tertiary/aromatic N) is 2. The Balaban J connectivity index is 2.09. The molecule has 0 amide bonds. The first-order valence-electron chi connectivity index (χ1n) is 6.99. The average molecular weight is 256 g/mol. The summed E-state index contributed by atoms with van der Waals surface area (Å²) in [5.41, 5.74) is 2.37. The van der Waals surface area contributed by atoms with Gasteiger partial charge < -0.3 is 9.30 Å². The molecule has 19 heavy (non-hydrogen) atoms. The van der Waals surface area contributed by atoms with Crippen LogP contribution in [-0.4, -0.2) is 23.1 Å². The lowest BCUT2D eigenvalue weighted by Gasteiger charge is -2.06. The number of aliphatic imine (C=N–C) groups is 1. The minimum Gasteiger partial charge on any atom is -0.475 e. The van der Waals surface area contributed by atoms with E-state index in [4.69, 9.17) is 9.73 Å². The van der Waals surface area contributed by atoms with Crippen LogP contribution in [0.4, 0.5) is 0 Å². The molecule has 1 aromatic heterocycles. The van der Waals surface area contributed by atoms with Gasteiger partial charge in [-0.3, -0.25) is 0 Å². The third-order valence-electron chi connectivity index (χ3n) is 3.80. The molecular formula is C16H20N2O. The molecule has 0 saturated heterocycles. The lowest BCUT2D eigenvalue weighted by atomic mass is 10.1. The molecule has 100 valence electrons. The molecule has 3 nitrogen and oxygen atoms in total. The minimum atomic E-state index is 0.290. The fourth-order valence-electron chi connectivity index (χ4n) is 2.56. The van der Waals surface area contributed by atoms with Crippen LogP contribution in [0.5, 0.6) is 0 Å². The summed E-state index contributed by atoms with van der Waals surface area (Å²) in [5, 5.41) is 1.23. The molecule has 0 radical (unpaired) electrons. The highest BCUT2D eigenvalue weighted by Gasteiger charge is 2.24. The van der Waals surface area contributed by atoms with Crippen LogP contribution in [0.3, 0.4) is 0 Å². The van der Waals surface area contributed by atoms with Crippen molar-refractivity contribution in [2.75, 3.05) is 6.61 Å². The van der Waals surface area contributed by atoms with Gasteiger partial charge in [-0.1, -0.05) is 32.0 Å². The van der Waals surface area contributed by atoms with Gasteiger partial charge in [-0.2, -0.15) is 0 Å². The van der Waals surface area contributed by atoms with Gasteiger partial charge in [0, 0.05) is 23.6 Å². The van der Waals surface area contributed by atoms with E-state index < -0.39 is 0 Å². The van der Waals surface area contributed by atoms with Gasteiger partial charge in [-0.25, -0.2) is 4.99 Å². The quantitative estimate of drug-likeness (QED) is 0.826. The number of hydrogen-bond donors (Lipinski definition) is 0. The maximum absolute atomic E-state index is 5.82. The van der Waals surface area contributed by atoms with Gasteiger partial charge in [-0.05, 0) is 18.9 Å². The van der Waals surface area contributed by atoms with E-state index in [0.717, 1.165) is 18.0 Å². The van der Waals surface area contributed by atoms with Crippen LogP contribution in [0.15, 0.2) is 35.5 Å². The van der Waals surface area contributed by atoms with Gasteiger partial charge in [-0.15, -0.1) is 0 Å². The molecule has 1 atom stereocenters. The Morgan fingerprint density at radius 3 is 2.84 bits per heavy atom. The number of aryl methyl sites for hydroxylation is 1. The molecule has 0 unspecified atom stereocenters. The highest BCUT2D eigenvalue weighted by Crippen LogP contribution is 2.25. The summed E-state index contributed by atoms with van der Waals surface area (Å²) in [7, 11) is 0. The molecule has 0 N–H and O–H groups in total. The second kappa shape index (κ2) is 4.72. The topological polar surface area (TPSA) is 26.5 Å². The fourth-order valence-corrected chi connectivity index (χ4v) is 2.56. The van der Waals surface area contributed by atoms with Crippen LogP contribution in [0.1, 0.15) is 26.3 Å². The van der Waals surface area contributed by atoms with Crippen LogP contribution in [0.25, 0.3) is 10.9 Å². The molecular weight excluding hydrogens is 236 g/mol. The Morgan fingerprint density at radius 2 is 2.16 bits per heavy atom. The second-order valence-corrected chi connectivity index (χ2v) is 5.40. The predicted molar refractivity (Wildman–Crippen MR) is 78.7 cm³/mol. The van der Waals surface area contributed by atoms with Gasteiger partial charge in [0.15, 0.2) is 0 Å². The lowest BCUT2D eigenvalue weighted by molar-refractivity contribution is 0.292. The van der Waals surface area contributed by atoms with E-state index >= 15 is 0 Å². The van der Waals surface area contributed by atoms with Crippen LogP contribution in [-0.2, 0) is 11.3 Å². The molecule has 3 rings (SSSR count). The third-order valence-corrected chi connectivity index (χ3v) is 3.80. The molecule has 2 aromatic rings. The van der Waals surface area contributed by atoms with Gasteiger partial charge in [0.1, 0.15) is 6.61 Å². The van der Waals surface area contributed by atoms with Crippen LogP contribution < -0.4 is 0 Å². The molecule has 0 bridgehead atoms. The Hall–Kier alpha value is -1.77. The normalized spacial score (nSPS) is 18.9. The Morgan fingerprint density at radius 1 is 1.37 bits per heavy atom. The van der Waals surface area contributed by atoms with Gasteiger partial charge in [0.05, 0.1) is 11.6 Å². The maximum Gasteiger partial charge on any atom is 0.218 e. The first-order valence-corrected chi connectivity index (χ1v) is 6.99. The van der Waals surface area contributed by atoms with E-state index in [9.17, 15) is 0 Å². The van der Waals surface area contributed by atoms with Crippen molar-refractivity contribution in [1.29, 1.82) is 0 Å². The van der Waals surface area contributed by atoms with Crippen molar-refractivity contribution in [2.45, 2.75) is 33.4 Å². The molecule has 0 aliphatic carbocycles. The van der Waals surface area contributed by atoms with Crippen molar-refractivity contribution in [3.63, 3.8) is 0 Å². The molecule has 3 heteroatoms. The maximum atomic E-state index is 5.82. The van der Waals surface area contributed by atoms with E-state index in [0.29, 0.717) is 18.6 Å². The van der Waals surface area contributed by atoms with E-state index in [2.05, 4.69) is 55.8 Å². The Bertz CT molecular complexity index is 625. The van der Waals surface area contributed by atoms with Crippen LogP contribution >= 0.6 is 0 Å². The molecule has 0 fully saturated rings. The molecule has 2 heterocycles. The fraction of sp³-hybridized carbons (Fsp3) is 0.438. The number of para-hydroxylation sites is 1. The van der Waals surface area contributed by atoms with Crippen molar-refractivity contribution in [3.05, 3.63) is 36.0 Å².